The lowest BCUT2D eigenvalue weighted by molar-refractivity contribution is 0.199. The molecular weight excluding hydrogens is 487 g/mol. The minimum atomic E-state index is -1.29. The highest BCUT2D eigenvalue weighted by Gasteiger charge is 2.24. The Morgan fingerprint density at radius 3 is 2.77 bits per heavy atom. The van der Waals surface area contributed by atoms with Crippen molar-refractivity contribution in [3.8, 4) is 11.1 Å². The highest BCUT2D eigenvalue weighted by atomic mass is 32.2. The standard InChI is InChI=1S/C25H29FN4O3S2/c1-16(5-10-21(28-2)29-11-12-31)20-15-19(17-6-8-18(26)9-7-17)22-23(27)25(34-24(22)30-20)35(32)14-4-13-33-3/h5-10,15,29,31H,2,4,11-14,27H2,1,3H3/b16-5+,21-10+. The number of aliphatic imine (C=N–C) groups is 1. The van der Waals surface area contributed by atoms with Crippen LogP contribution in [0.2, 0.25) is 0 Å². The van der Waals surface area contributed by atoms with Gasteiger partial charge in [-0.05, 0) is 65.8 Å². The molecule has 4 N–H and O–H groups in total. The van der Waals surface area contributed by atoms with Gasteiger partial charge >= 0.3 is 0 Å². The quantitative estimate of drug-likeness (QED) is 0.143. The lowest BCUT2D eigenvalue weighted by Crippen LogP contribution is -2.16. The maximum Gasteiger partial charge on any atom is 0.232 e. The van der Waals surface area contributed by atoms with Gasteiger partial charge in [0.2, 0.25) is 4.21 Å². The van der Waals surface area contributed by atoms with Gasteiger partial charge in [-0.25, -0.2) is 14.4 Å². The molecule has 7 nitrogen and oxygen atoms in total. The lowest BCUT2D eigenvalue weighted by Gasteiger charge is -2.10. The number of thiophene rings is 1. The summed E-state index contributed by atoms with van der Waals surface area (Å²) in [5, 5.41) is 12.7. The predicted molar refractivity (Wildman–Crippen MR) is 144 cm³/mol. The van der Waals surface area contributed by atoms with E-state index in [1.165, 1.54) is 23.5 Å². The van der Waals surface area contributed by atoms with E-state index in [2.05, 4.69) is 17.0 Å². The fraction of sp³-hybridized carbons (Fsp3) is 0.280. The summed E-state index contributed by atoms with van der Waals surface area (Å²) >= 11 is 0.0235. The summed E-state index contributed by atoms with van der Waals surface area (Å²) in [6.07, 6.45) is 4.25. The van der Waals surface area contributed by atoms with Crippen LogP contribution in [0.4, 0.5) is 10.1 Å². The number of halogens is 1. The number of methoxy groups -OCH3 is 1. The van der Waals surface area contributed by atoms with Gasteiger partial charge in [0.25, 0.3) is 0 Å². The molecule has 35 heavy (non-hydrogen) atoms. The molecule has 0 spiro atoms. The Balaban J connectivity index is 2.12. The zero-order valence-corrected chi connectivity index (χ0v) is 21.3. The van der Waals surface area contributed by atoms with Crippen LogP contribution in [0.1, 0.15) is 19.0 Å². The van der Waals surface area contributed by atoms with Gasteiger partial charge in [0.1, 0.15) is 27.9 Å². The molecule has 0 saturated heterocycles. The zero-order valence-electron chi connectivity index (χ0n) is 19.7. The SMILES string of the molecule is C=N/C(=C\C=C(/C)c1cc(-c2ccc(F)cc2)c2c(N)c([S+]([O-])CCCOC)sc2n1)NCCO. The first-order valence-corrected chi connectivity index (χ1v) is 13.1. The summed E-state index contributed by atoms with van der Waals surface area (Å²) in [7, 11) is 1.61. The number of fused-ring (bicyclic) bond motifs is 1. The molecule has 0 fully saturated rings. The van der Waals surface area contributed by atoms with Gasteiger partial charge in [0.05, 0.1) is 18.9 Å². The molecule has 2 aromatic heterocycles. The number of pyridine rings is 1. The molecule has 0 bridgehead atoms. The number of benzene rings is 1. The van der Waals surface area contributed by atoms with Crippen molar-refractivity contribution in [3.05, 3.63) is 59.8 Å². The van der Waals surface area contributed by atoms with E-state index in [4.69, 9.17) is 20.6 Å². The zero-order chi connectivity index (χ0) is 25.4. The minimum Gasteiger partial charge on any atom is -0.611 e. The summed E-state index contributed by atoms with van der Waals surface area (Å²) in [5.41, 5.74) is 10.0. The molecule has 1 atom stereocenters. The molecule has 0 aliphatic rings. The Labute approximate surface area is 211 Å². The Morgan fingerprint density at radius 1 is 1.37 bits per heavy atom. The predicted octanol–water partition coefficient (Wildman–Crippen LogP) is 4.36. The fourth-order valence-corrected chi connectivity index (χ4v) is 6.02. The van der Waals surface area contributed by atoms with E-state index >= 15 is 0 Å². The maximum atomic E-state index is 13.6. The van der Waals surface area contributed by atoms with Crippen molar-refractivity contribution in [2.24, 2.45) is 4.99 Å². The monoisotopic (exact) mass is 516 g/mol. The molecule has 1 unspecified atom stereocenters. The first-order chi connectivity index (χ1) is 16.9. The molecular formula is C25H29FN4O3S2. The number of anilines is 1. The van der Waals surface area contributed by atoms with Gasteiger partial charge in [-0.15, -0.1) is 0 Å². The first kappa shape index (κ1) is 26.8. The van der Waals surface area contributed by atoms with Gasteiger partial charge in [-0.1, -0.05) is 29.5 Å². The Kier molecular flexibility index (Phi) is 9.82. The molecule has 186 valence electrons. The lowest BCUT2D eigenvalue weighted by atomic mass is 10.00. The summed E-state index contributed by atoms with van der Waals surface area (Å²) in [6, 6.07) is 8.08. The van der Waals surface area contributed by atoms with Gasteiger partial charge < -0.3 is 25.4 Å². The summed E-state index contributed by atoms with van der Waals surface area (Å²) in [4.78, 5) is 9.38. The fourth-order valence-electron chi connectivity index (χ4n) is 3.40. The Morgan fingerprint density at radius 2 is 2.11 bits per heavy atom. The Bertz CT molecular complexity index is 1230. The molecule has 0 aliphatic heterocycles. The van der Waals surface area contributed by atoms with Crippen LogP contribution < -0.4 is 11.1 Å². The summed E-state index contributed by atoms with van der Waals surface area (Å²) in [5.74, 6) is 0.622. The largest absolute Gasteiger partial charge is 0.611 e. The summed E-state index contributed by atoms with van der Waals surface area (Å²) in [6.45, 7) is 6.30. The second kappa shape index (κ2) is 12.8. The van der Waals surface area contributed by atoms with E-state index in [-0.39, 0.29) is 12.4 Å². The van der Waals surface area contributed by atoms with Crippen molar-refractivity contribution in [3.63, 3.8) is 0 Å². The van der Waals surface area contributed by atoms with E-state index in [0.29, 0.717) is 57.0 Å². The number of nitrogens with zero attached hydrogens (tertiary/aromatic N) is 2. The number of nitrogens with two attached hydrogens (primary N) is 1. The van der Waals surface area contributed by atoms with Gasteiger partial charge in [-0.2, -0.15) is 0 Å². The van der Waals surface area contributed by atoms with Crippen molar-refractivity contribution >= 4 is 50.7 Å². The number of allylic oxidation sites excluding steroid dienone is 3. The molecule has 1 aromatic carbocycles. The highest BCUT2D eigenvalue weighted by molar-refractivity contribution is 7.93. The van der Waals surface area contributed by atoms with Crippen LogP contribution in [0.5, 0.6) is 0 Å². The molecule has 10 heteroatoms. The maximum absolute atomic E-state index is 13.6. The second-order valence-electron chi connectivity index (χ2n) is 7.65. The van der Waals surface area contributed by atoms with E-state index < -0.39 is 11.2 Å². The van der Waals surface area contributed by atoms with E-state index in [0.717, 1.165) is 16.7 Å². The van der Waals surface area contributed by atoms with Crippen LogP contribution >= 0.6 is 11.3 Å². The number of hydrogen-bond donors (Lipinski definition) is 3. The average Bonchev–Trinajstić information content (AvgIpc) is 3.20. The number of nitrogens with one attached hydrogen (secondary N) is 1. The van der Waals surface area contributed by atoms with Crippen LogP contribution in [0.15, 0.2) is 57.5 Å². The number of rotatable bonds is 12. The minimum absolute atomic E-state index is 0.0240. The molecule has 0 aliphatic carbocycles. The van der Waals surface area contributed by atoms with E-state index in [1.807, 2.05) is 19.1 Å². The van der Waals surface area contributed by atoms with Crippen LogP contribution in [-0.2, 0) is 15.9 Å². The van der Waals surface area contributed by atoms with Gasteiger partial charge in [0, 0.05) is 25.5 Å². The van der Waals surface area contributed by atoms with E-state index in [1.54, 1.807) is 25.3 Å². The molecule has 3 aromatic rings. The Hall–Kier alpha value is -2.76. The van der Waals surface area contributed by atoms with Crippen molar-refractivity contribution < 1.29 is 18.8 Å². The number of hydrogen-bond acceptors (Lipinski definition) is 8. The third-order valence-electron chi connectivity index (χ3n) is 5.19. The number of ether oxygens (including phenoxy) is 1. The van der Waals surface area contributed by atoms with Crippen molar-refractivity contribution in [1.29, 1.82) is 0 Å². The second-order valence-corrected chi connectivity index (χ2v) is 10.4. The number of aromatic nitrogens is 1. The average molecular weight is 517 g/mol. The van der Waals surface area contributed by atoms with Crippen LogP contribution in [-0.4, -0.2) is 54.0 Å². The summed E-state index contributed by atoms with van der Waals surface area (Å²) < 4.78 is 32.2. The normalized spacial score (nSPS) is 13.3. The van der Waals surface area contributed by atoms with Crippen LogP contribution in [0.25, 0.3) is 26.9 Å². The number of aliphatic hydroxyl groups is 1. The number of aliphatic hydroxyl groups excluding tert-OH is 1. The molecule has 2 heterocycles. The van der Waals surface area contributed by atoms with Crippen LogP contribution in [0, 0.1) is 5.82 Å². The van der Waals surface area contributed by atoms with Gasteiger partial charge in [0.15, 0.2) is 0 Å². The smallest absolute Gasteiger partial charge is 0.232 e. The molecule has 3 rings (SSSR count). The molecule has 0 radical (unpaired) electrons. The van der Waals surface area contributed by atoms with Crippen LogP contribution in [0.3, 0.4) is 0 Å². The highest BCUT2D eigenvalue weighted by Crippen LogP contribution is 2.43. The molecule has 0 amide bonds. The van der Waals surface area contributed by atoms with Crippen molar-refractivity contribution in [1.82, 2.24) is 10.3 Å². The third-order valence-corrected chi connectivity index (χ3v) is 8.18. The molecule has 0 saturated carbocycles. The van der Waals surface area contributed by atoms with E-state index in [9.17, 15) is 8.94 Å². The topological polar surface area (TPSA) is 116 Å². The first-order valence-electron chi connectivity index (χ1n) is 11.0. The van der Waals surface area contributed by atoms with Gasteiger partial charge in [-0.3, -0.25) is 0 Å². The van der Waals surface area contributed by atoms with Crippen molar-refractivity contribution in [2.75, 3.05) is 38.4 Å². The third kappa shape index (κ3) is 6.68. The number of nitrogen functional groups attached to an aromatic ring is 1. The van der Waals surface area contributed by atoms with Crippen molar-refractivity contribution in [2.45, 2.75) is 17.6 Å².